The maximum Gasteiger partial charge on any atom is 0.261 e. The lowest BCUT2D eigenvalue weighted by Crippen LogP contribution is -2.16. The van der Waals surface area contributed by atoms with Crippen LogP contribution in [0.15, 0.2) is 47.4 Å². The Morgan fingerprint density at radius 2 is 1.61 bits per heavy atom. The second kappa shape index (κ2) is 6.12. The molecule has 0 radical (unpaired) electrons. The highest BCUT2D eigenvalue weighted by Crippen LogP contribution is 2.33. The molecule has 23 heavy (non-hydrogen) atoms. The van der Waals surface area contributed by atoms with Gasteiger partial charge in [0.25, 0.3) is 10.0 Å². The number of ether oxygens (including phenoxy) is 2. The highest BCUT2D eigenvalue weighted by molar-refractivity contribution is 7.92. The minimum atomic E-state index is -3.63. The lowest BCUT2D eigenvalue weighted by Gasteiger charge is -2.19. The highest BCUT2D eigenvalue weighted by Gasteiger charge is 2.17. The molecule has 3 rings (SSSR count). The third-order valence-corrected chi connectivity index (χ3v) is 5.05. The lowest BCUT2D eigenvalue weighted by atomic mass is 10.0. The molecule has 0 saturated heterocycles. The molecule has 1 heterocycles. The topological polar surface area (TPSA) is 64.6 Å². The van der Waals surface area contributed by atoms with E-state index >= 15 is 0 Å². The predicted molar refractivity (Wildman–Crippen MR) is 88.8 cm³/mol. The van der Waals surface area contributed by atoms with E-state index in [4.69, 9.17) is 9.47 Å². The lowest BCUT2D eigenvalue weighted by molar-refractivity contribution is 0.171. The molecule has 1 aliphatic heterocycles. The fraction of sp³-hybridized carbons (Fsp3) is 0.294. The summed E-state index contributed by atoms with van der Waals surface area (Å²) in [7, 11) is -3.63. The van der Waals surface area contributed by atoms with Crippen molar-refractivity contribution in [2.75, 3.05) is 17.9 Å². The molecule has 5 nitrogen and oxygen atoms in total. The summed E-state index contributed by atoms with van der Waals surface area (Å²) in [5, 5.41) is 0. The first-order chi connectivity index (χ1) is 11.0. The maximum absolute atomic E-state index is 12.5. The first-order valence-electron chi connectivity index (χ1n) is 7.48. The molecule has 0 fully saturated rings. The van der Waals surface area contributed by atoms with Crippen molar-refractivity contribution in [2.45, 2.75) is 24.7 Å². The number of hydrogen-bond donors (Lipinski definition) is 1. The second-order valence-electron chi connectivity index (χ2n) is 5.69. The Hall–Kier alpha value is -2.21. The molecule has 0 aromatic heterocycles. The predicted octanol–water partition coefficient (Wildman–Crippen LogP) is 3.38. The normalized spacial score (nSPS) is 13.9. The van der Waals surface area contributed by atoms with E-state index in [0.29, 0.717) is 36.3 Å². The third kappa shape index (κ3) is 3.42. The van der Waals surface area contributed by atoms with Crippen molar-refractivity contribution >= 4 is 15.7 Å². The van der Waals surface area contributed by atoms with Crippen LogP contribution in [0.1, 0.15) is 25.3 Å². The summed E-state index contributed by atoms with van der Waals surface area (Å²) in [6, 6.07) is 11.9. The second-order valence-corrected chi connectivity index (χ2v) is 7.37. The van der Waals surface area contributed by atoms with Gasteiger partial charge in [-0.05, 0) is 35.7 Å². The van der Waals surface area contributed by atoms with Crippen molar-refractivity contribution in [1.82, 2.24) is 0 Å². The van der Waals surface area contributed by atoms with E-state index in [9.17, 15) is 8.42 Å². The van der Waals surface area contributed by atoms with Gasteiger partial charge in [0.15, 0.2) is 11.5 Å². The van der Waals surface area contributed by atoms with E-state index in [1.54, 1.807) is 30.3 Å². The molecule has 0 atom stereocenters. The Bertz CT molecular complexity index is 798. The van der Waals surface area contributed by atoms with Crippen molar-refractivity contribution in [3.63, 3.8) is 0 Å². The molecule has 0 amide bonds. The van der Waals surface area contributed by atoms with Gasteiger partial charge in [0, 0.05) is 6.07 Å². The first kappa shape index (κ1) is 15.7. The standard InChI is InChI=1S/C17H19NO4S/c1-12(2)13-3-6-15(7-4-13)23(19,20)18-14-5-8-16-17(11-14)22-10-9-21-16/h3-8,11-12,18H,9-10H2,1-2H3. The third-order valence-electron chi connectivity index (χ3n) is 3.65. The van der Waals surface area contributed by atoms with Gasteiger partial charge in [0.1, 0.15) is 13.2 Å². The van der Waals surface area contributed by atoms with Crippen LogP contribution in [0.4, 0.5) is 5.69 Å². The van der Waals surface area contributed by atoms with Crippen molar-refractivity contribution in [3.8, 4) is 11.5 Å². The van der Waals surface area contributed by atoms with Crippen LogP contribution in [0.25, 0.3) is 0 Å². The summed E-state index contributed by atoms with van der Waals surface area (Å²) in [6.07, 6.45) is 0. The van der Waals surface area contributed by atoms with Gasteiger partial charge in [-0.2, -0.15) is 0 Å². The zero-order valence-corrected chi connectivity index (χ0v) is 13.9. The summed E-state index contributed by atoms with van der Waals surface area (Å²) in [6.45, 7) is 5.09. The first-order valence-corrected chi connectivity index (χ1v) is 8.96. The molecule has 2 aromatic rings. The van der Waals surface area contributed by atoms with Gasteiger partial charge >= 0.3 is 0 Å². The van der Waals surface area contributed by atoms with Crippen LogP contribution in [-0.2, 0) is 10.0 Å². The van der Waals surface area contributed by atoms with Crippen LogP contribution in [0.2, 0.25) is 0 Å². The monoisotopic (exact) mass is 333 g/mol. The SMILES string of the molecule is CC(C)c1ccc(S(=O)(=O)Nc2ccc3c(c2)OCCO3)cc1. The number of rotatable bonds is 4. The van der Waals surface area contributed by atoms with Crippen LogP contribution in [0.5, 0.6) is 11.5 Å². The average Bonchev–Trinajstić information content (AvgIpc) is 2.54. The van der Waals surface area contributed by atoms with E-state index in [0.717, 1.165) is 5.56 Å². The minimum Gasteiger partial charge on any atom is -0.486 e. The molecule has 1 aliphatic rings. The van der Waals surface area contributed by atoms with Crippen LogP contribution >= 0.6 is 0 Å². The Balaban J connectivity index is 1.83. The number of sulfonamides is 1. The molecular weight excluding hydrogens is 314 g/mol. The summed E-state index contributed by atoms with van der Waals surface area (Å²) in [5.74, 6) is 1.53. The van der Waals surface area contributed by atoms with Crippen LogP contribution < -0.4 is 14.2 Å². The molecule has 122 valence electrons. The van der Waals surface area contributed by atoms with Gasteiger partial charge in [-0.25, -0.2) is 8.42 Å². The largest absolute Gasteiger partial charge is 0.486 e. The number of anilines is 1. The number of nitrogens with one attached hydrogen (secondary N) is 1. The summed E-state index contributed by atoms with van der Waals surface area (Å²) in [5.41, 5.74) is 1.55. The molecule has 0 bridgehead atoms. The maximum atomic E-state index is 12.5. The van der Waals surface area contributed by atoms with Crippen molar-refractivity contribution in [3.05, 3.63) is 48.0 Å². The van der Waals surface area contributed by atoms with Crippen molar-refractivity contribution in [1.29, 1.82) is 0 Å². The zero-order chi connectivity index (χ0) is 16.4. The molecule has 0 aliphatic carbocycles. The minimum absolute atomic E-state index is 0.233. The molecule has 2 aromatic carbocycles. The molecule has 0 saturated carbocycles. The van der Waals surface area contributed by atoms with Gasteiger partial charge in [-0.3, -0.25) is 4.72 Å². The smallest absolute Gasteiger partial charge is 0.261 e. The Labute approximate surface area is 136 Å². The Morgan fingerprint density at radius 3 is 2.26 bits per heavy atom. The van der Waals surface area contributed by atoms with Gasteiger partial charge in [-0.15, -0.1) is 0 Å². The number of hydrogen-bond acceptors (Lipinski definition) is 4. The molecule has 0 unspecified atom stereocenters. The van der Waals surface area contributed by atoms with Crippen LogP contribution in [0.3, 0.4) is 0 Å². The van der Waals surface area contributed by atoms with E-state index in [1.165, 1.54) is 0 Å². The zero-order valence-electron chi connectivity index (χ0n) is 13.1. The number of benzene rings is 2. The van der Waals surface area contributed by atoms with Gasteiger partial charge in [0.05, 0.1) is 10.6 Å². The summed E-state index contributed by atoms with van der Waals surface area (Å²) >= 11 is 0. The Morgan fingerprint density at radius 1 is 0.957 bits per heavy atom. The van der Waals surface area contributed by atoms with Gasteiger partial charge < -0.3 is 9.47 Å². The van der Waals surface area contributed by atoms with E-state index in [2.05, 4.69) is 18.6 Å². The summed E-state index contributed by atoms with van der Waals surface area (Å²) in [4.78, 5) is 0.233. The van der Waals surface area contributed by atoms with Crippen molar-refractivity contribution in [2.24, 2.45) is 0 Å². The molecule has 1 N–H and O–H groups in total. The molecular formula is C17H19NO4S. The fourth-order valence-corrected chi connectivity index (χ4v) is 3.40. The Kier molecular flexibility index (Phi) is 4.17. The van der Waals surface area contributed by atoms with E-state index in [-0.39, 0.29) is 4.90 Å². The van der Waals surface area contributed by atoms with Crippen molar-refractivity contribution < 1.29 is 17.9 Å². The molecule has 6 heteroatoms. The van der Waals surface area contributed by atoms with Crippen LogP contribution in [-0.4, -0.2) is 21.6 Å². The fourth-order valence-electron chi connectivity index (χ4n) is 2.35. The number of fused-ring (bicyclic) bond motifs is 1. The highest BCUT2D eigenvalue weighted by atomic mass is 32.2. The van der Waals surface area contributed by atoms with Gasteiger partial charge in [0.2, 0.25) is 0 Å². The van der Waals surface area contributed by atoms with Crippen LogP contribution in [0, 0.1) is 0 Å². The van der Waals surface area contributed by atoms with E-state index in [1.807, 2.05) is 12.1 Å². The quantitative estimate of drug-likeness (QED) is 0.931. The van der Waals surface area contributed by atoms with E-state index < -0.39 is 10.0 Å². The molecule has 0 spiro atoms. The van der Waals surface area contributed by atoms with Gasteiger partial charge in [-0.1, -0.05) is 26.0 Å². The average molecular weight is 333 g/mol. The summed E-state index contributed by atoms with van der Waals surface area (Å²) < 4.78 is 38.4.